The van der Waals surface area contributed by atoms with Crippen LogP contribution in [0.4, 0.5) is 22.0 Å². The molecule has 12 heteroatoms. The van der Waals surface area contributed by atoms with Gasteiger partial charge in [0, 0.05) is 30.8 Å². The fourth-order valence-electron chi connectivity index (χ4n) is 3.28. The van der Waals surface area contributed by atoms with Crippen LogP contribution in [0.15, 0.2) is 30.5 Å². The molecule has 2 aromatic heterocycles. The van der Waals surface area contributed by atoms with Crippen LogP contribution in [0, 0.1) is 18.6 Å². The highest BCUT2D eigenvalue weighted by Gasteiger charge is 2.32. The van der Waals surface area contributed by atoms with E-state index in [0.717, 1.165) is 12.1 Å². The number of fused-ring (bicyclic) bond motifs is 1. The van der Waals surface area contributed by atoms with Gasteiger partial charge in [0.1, 0.15) is 23.9 Å². The highest BCUT2D eigenvalue weighted by atomic mass is 35.5. The van der Waals surface area contributed by atoms with Crippen molar-refractivity contribution in [2.75, 3.05) is 6.54 Å². The molecular weight excluding hydrogens is 483 g/mol. The number of nitrogens with zero attached hydrogens (tertiary/aromatic N) is 2. The number of alkyl halides is 3. The Balaban J connectivity index is 1.82. The van der Waals surface area contributed by atoms with E-state index in [0.29, 0.717) is 0 Å². The van der Waals surface area contributed by atoms with Gasteiger partial charge in [-0.3, -0.25) is 9.20 Å². The standard InChI is InChI=1S/C22H22ClF5N4O2/c1-12-18(20(33)30-11-21(2,29)6-7-22(26,27)28)32-9-13(23)8-17(19(32)31-12)34-10-14-15(24)4-3-5-16(14)25/h3-5,8-9H,6-7,10-11,29H2,1-2H3,(H,30,33). The second-order valence-electron chi connectivity index (χ2n) is 8.20. The maximum absolute atomic E-state index is 13.9. The summed E-state index contributed by atoms with van der Waals surface area (Å²) in [4.78, 5) is 17.1. The Labute approximate surface area is 196 Å². The minimum atomic E-state index is -4.36. The number of nitrogens with one attached hydrogen (secondary N) is 1. The molecule has 0 aliphatic carbocycles. The predicted octanol–water partition coefficient (Wildman–Crippen LogP) is 4.94. The van der Waals surface area contributed by atoms with Crippen LogP contribution in [-0.2, 0) is 6.61 Å². The molecular formula is C22H22ClF5N4O2. The van der Waals surface area contributed by atoms with E-state index in [9.17, 15) is 26.7 Å². The third-order valence-electron chi connectivity index (χ3n) is 5.11. The van der Waals surface area contributed by atoms with Crippen molar-refractivity contribution in [3.8, 4) is 5.75 Å². The van der Waals surface area contributed by atoms with Gasteiger partial charge in [-0.25, -0.2) is 13.8 Å². The topological polar surface area (TPSA) is 81.7 Å². The molecule has 6 nitrogen and oxygen atoms in total. The first-order chi connectivity index (χ1) is 15.8. The number of pyridine rings is 1. The minimum absolute atomic E-state index is 0.0612. The average Bonchev–Trinajstić information content (AvgIpc) is 3.05. The Morgan fingerprint density at radius 3 is 2.50 bits per heavy atom. The lowest BCUT2D eigenvalue weighted by Gasteiger charge is -2.25. The molecule has 0 saturated heterocycles. The highest BCUT2D eigenvalue weighted by molar-refractivity contribution is 6.30. The number of benzene rings is 1. The average molecular weight is 505 g/mol. The van der Waals surface area contributed by atoms with E-state index in [1.165, 1.54) is 29.7 Å². The number of nitrogens with two attached hydrogens (primary N) is 1. The summed E-state index contributed by atoms with van der Waals surface area (Å²) >= 11 is 6.15. The second-order valence-corrected chi connectivity index (χ2v) is 8.64. The molecule has 1 amide bonds. The number of amides is 1. The summed E-state index contributed by atoms with van der Waals surface area (Å²) in [5, 5.41) is 2.68. The first-order valence-electron chi connectivity index (χ1n) is 10.1. The molecule has 0 aliphatic rings. The first kappa shape index (κ1) is 25.7. The van der Waals surface area contributed by atoms with Crippen molar-refractivity contribution in [2.45, 2.75) is 45.0 Å². The molecule has 0 aliphatic heterocycles. The van der Waals surface area contributed by atoms with Crippen LogP contribution < -0.4 is 15.8 Å². The molecule has 34 heavy (non-hydrogen) atoms. The number of aromatic nitrogens is 2. The lowest BCUT2D eigenvalue weighted by atomic mass is 9.97. The predicted molar refractivity (Wildman–Crippen MR) is 116 cm³/mol. The summed E-state index contributed by atoms with van der Waals surface area (Å²) in [6.45, 7) is 2.28. The van der Waals surface area contributed by atoms with E-state index in [2.05, 4.69) is 10.3 Å². The molecule has 184 valence electrons. The zero-order valence-electron chi connectivity index (χ0n) is 18.3. The fourth-order valence-corrected chi connectivity index (χ4v) is 3.47. The van der Waals surface area contributed by atoms with Crippen LogP contribution in [0.2, 0.25) is 5.02 Å². The van der Waals surface area contributed by atoms with Crippen molar-refractivity contribution < 1.29 is 31.5 Å². The van der Waals surface area contributed by atoms with Gasteiger partial charge in [-0.15, -0.1) is 0 Å². The number of imidazole rings is 1. The Hall–Kier alpha value is -2.92. The smallest absolute Gasteiger partial charge is 0.389 e. The molecule has 0 bridgehead atoms. The van der Waals surface area contributed by atoms with Gasteiger partial charge in [0.15, 0.2) is 11.4 Å². The molecule has 3 rings (SSSR count). The van der Waals surface area contributed by atoms with Gasteiger partial charge in [0.05, 0.1) is 16.3 Å². The molecule has 3 aromatic rings. The molecule has 3 N–H and O–H groups in total. The lowest BCUT2D eigenvalue weighted by molar-refractivity contribution is -0.137. The van der Waals surface area contributed by atoms with E-state index >= 15 is 0 Å². The molecule has 2 heterocycles. The Morgan fingerprint density at radius 1 is 1.24 bits per heavy atom. The number of aryl methyl sites for hydroxylation is 1. The fraction of sp³-hybridized carbons (Fsp3) is 0.364. The molecule has 0 spiro atoms. The number of ether oxygens (including phenoxy) is 1. The maximum atomic E-state index is 13.9. The van der Waals surface area contributed by atoms with Crippen LogP contribution in [0.3, 0.4) is 0 Å². The molecule has 0 fully saturated rings. The van der Waals surface area contributed by atoms with Crippen molar-refractivity contribution in [2.24, 2.45) is 5.73 Å². The van der Waals surface area contributed by atoms with Crippen molar-refractivity contribution in [1.82, 2.24) is 14.7 Å². The van der Waals surface area contributed by atoms with E-state index in [1.54, 1.807) is 6.92 Å². The summed E-state index contributed by atoms with van der Waals surface area (Å²) in [6.07, 6.45) is -4.42. The Kier molecular flexibility index (Phi) is 7.37. The van der Waals surface area contributed by atoms with Gasteiger partial charge in [0.2, 0.25) is 0 Å². The van der Waals surface area contributed by atoms with Crippen LogP contribution >= 0.6 is 11.6 Å². The van der Waals surface area contributed by atoms with Crippen molar-refractivity contribution in [3.63, 3.8) is 0 Å². The SMILES string of the molecule is Cc1nc2c(OCc3c(F)cccc3F)cc(Cl)cn2c1C(=O)NCC(C)(N)CCC(F)(F)F. The van der Waals surface area contributed by atoms with Gasteiger partial charge in [-0.05, 0) is 32.4 Å². The van der Waals surface area contributed by atoms with Crippen molar-refractivity contribution in [1.29, 1.82) is 0 Å². The first-order valence-corrected chi connectivity index (χ1v) is 10.5. The molecule has 1 atom stereocenters. The summed E-state index contributed by atoms with van der Waals surface area (Å²) in [5.74, 6) is -2.13. The number of carbonyl (C=O) groups is 1. The summed E-state index contributed by atoms with van der Waals surface area (Å²) in [6, 6.07) is 4.80. The molecule has 1 unspecified atom stereocenters. The van der Waals surface area contributed by atoms with Gasteiger partial charge < -0.3 is 15.8 Å². The monoisotopic (exact) mass is 504 g/mol. The van der Waals surface area contributed by atoms with E-state index in [4.69, 9.17) is 22.1 Å². The van der Waals surface area contributed by atoms with Crippen molar-refractivity contribution >= 4 is 23.2 Å². The quantitative estimate of drug-likeness (QED) is 0.426. The van der Waals surface area contributed by atoms with Gasteiger partial charge >= 0.3 is 6.18 Å². The summed E-state index contributed by atoms with van der Waals surface area (Å²) < 4.78 is 72.3. The van der Waals surface area contributed by atoms with E-state index < -0.39 is 42.3 Å². The van der Waals surface area contributed by atoms with Gasteiger partial charge in [0.25, 0.3) is 5.91 Å². The minimum Gasteiger partial charge on any atom is -0.485 e. The Bertz CT molecular complexity index is 1190. The molecule has 0 saturated carbocycles. The van der Waals surface area contributed by atoms with Crippen molar-refractivity contribution in [3.05, 3.63) is 64.1 Å². The van der Waals surface area contributed by atoms with Crippen LogP contribution in [0.25, 0.3) is 5.65 Å². The van der Waals surface area contributed by atoms with Gasteiger partial charge in [-0.2, -0.15) is 13.2 Å². The zero-order valence-corrected chi connectivity index (χ0v) is 19.0. The number of halogens is 6. The van der Waals surface area contributed by atoms with Crippen LogP contribution in [0.5, 0.6) is 5.75 Å². The summed E-state index contributed by atoms with van der Waals surface area (Å²) in [7, 11) is 0. The largest absolute Gasteiger partial charge is 0.485 e. The van der Waals surface area contributed by atoms with E-state index in [-0.39, 0.29) is 46.3 Å². The third kappa shape index (κ3) is 6.15. The normalized spacial score (nSPS) is 13.7. The van der Waals surface area contributed by atoms with Crippen LogP contribution in [-0.4, -0.2) is 33.6 Å². The third-order valence-corrected chi connectivity index (χ3v) is 5.32. The number of rotatable bonds is 8. The number of hydrogen-bond donors (Lipinski definition) is 2. The van der Waals surface area contributed by atoms with Crippen LogP contribution in [0.1, 0.15) is 41.5 Å². The maximum Gasteiger partial charge on any atom is 0.389 e. The molecule has 0 radical (unpaired) electrons. The zero-order chi connectivity index (χ0) is 25.3. The van der Waals surface area contributed by atoms with Gasteiger partial charge in [-0.1, -0.05) is 17.7 Å². The summed E-state index contributed by atoms with van der Waals surface area (Å²) in [5.41, 5.74) is 4.82. The number of carbonyl (C=O) groups excluding carboxylic acids is 1. The molecule has 1 aromatic carbocycles. The second kappa shape index (κ2) is 9.75. The van der Waals surface area contributed by atoms with E-state index in [1.807, 2.05) is 0 Å². The lowest BCUT2D eigenvalue weighted by Crippen LogP contribution is -2.48. The number of hydrogen-bond acceptors (Lipinski definition) is 4. The Morgan fingerprint density at radius 2 is 1.88 bits per heavy atom. The highest BCUT2D eigenvalue weighted by Crippen LogP contribution is 2.28.